The van der Waals surface area contributed by atoms with Crippen LogP contribution in [0.5, 0.6) is 0 Å². The summed E-state index contributed by atoms with van der Waals surface area (Å²) < 4.78 is 76.8. The lowest BCUT2D eigenvalue weighted by Crippen LogP contribution is -2.45. The van der Waals surface area contributed by atoms with Crippen LogP contribution in [0.25, 0.3) is 0 Å². The van der Waals surface area contributed by atoms with Crippen molar-refractivity contribution in [3.8, 4) is 0 Å². The van der Waals surface area contributed by atoms with Gasteiger partial charge in [0.25, 0.3) is 0 Å². The summed E-state index contributed by atoms with van der Waals surface area (Å²) in [6, 6.07) is 6.48. The zero-order valence-corrected chi connectivity index (χ0v) is 14.3. The van der Waals surface area contributed by atoms with Gasteiger partial charge in [-0.1, -0.05) is 18.2 Å². The van der Waals surface area contributed by atoms with Crippen molar-refractivity contribution in [2.75, 3.05) is 0 Å². The summed E-state index contributed by atoms with van der Waals surface area (Å²) >= 11 is 0. The van der Waals surface area contributed by atoms with Crippen molar-refractivity contribution in [1.29, 1.82) is 0 Å². The standard InChI is InChI=1S/C19H15F6NO2/c20-18(21,22)14-4-1-11(2-5-14)9-26-10-13-7-15(19(23,24)25)6-3-12(13)8-16(26)17(27)28/h1-7,16H,8-10H2,(H,27,28)/t16-/m0/s1. The van der Waals surface area contributed by atoms with Crippen molar-refractivity contribution in [3.63, 3.8) is 0 Å². The molecule has 9 heteroatoms. The van der Waals surface area contributed by atoms with E-state index < -0.39 is 35.5 Å². The SMILES string of the molecule is O=C(O)[C@@H]1Cc2ccc(C(F)(F)F)cc2CN1Cc1ccc(C(F)(F)F)cc1. The first kappa shape index (κ1) is 20.2. The van der Waals surface area contributed by atoms with E-state index in [0.717, 1.165) is 24.3 Å². The maximum absolute atomic E-state index is 12.9. The number of carbonyl (C=O) groups is 1. The molecule has 0 fully saturated rings. The second-order valence-electron chi connectivity index (χ2n) is 6.64. The van der Waals surface area contributed by atoms with Crippen molar-refractivity contribution < 1.29 is 36.2 Å². The highest BCUT2D eigenvalue weighted by atomic mass is 19.4. The molecular formula is C19H15F6NO2. The van der Waals surface area contributed by atoms with E-state index in [4.69, 9.17) is 0 Å². The van der Waals surface area contributed by atoms with Crippen LogP contribution < -0.4 is 0 Å². The van der Waals surface area contributed by atoms with Crippen molar-refractivity contribution in [2.24, 2.45) is 0 Å². The highest BCUT2D eigenvalue weighted by Crippen LogP contribution is 2.34. The minimum atomic E-state index is -4.52. The van der Waals surface area contributed by atoms with Gasteiger partial charge in [0.1, 0.15) is 6.04 Å². The lowest BCUT2D eigenvalue weighted by Gasteiger charge is -2.34. The third-order valence-electron chi connectivity index (χ3n) is 4.71. The van der Waals surface area contributed by atoms with E-state index in [0.29, 0.717) is 16.7 Å². The summed E-state index contributed by atoms with van der Waals surface area (Å²) in [6.45, 7) is -0.0397. The van der Waals surface area contributed by atoms with Crippen molar-refractivity contribution in [3.05, 3.63) is 70.3 Å². The van der Waals surface area contributed by atoms with E-state index in [9.17, 15) is 36.2 Å². The monoisotopic (exact) mass is 403 g/mol. The number of nitrogens with zero attached hydrogens (tertiary/aromatic N) is 1. The number of hydrogen-bond acceptors (Lipinski definition) is 2. The minimum Gasteiger partial charge on any atom is -0.480 e. The number of carboxylic acids is 1. The summed E-state index contributed by atoms with van der Waals surface area (Å²) in [7, 11) is 0. The first-order valence-electron chi connectivity index (χ1n) is 8.27. The summed E-state index contributed by atoms with van der Waals surface area (Å²) in [5, 5.41) is 9.48. The summed E-state index contributed by atoms with van der Waals surface area (Å²) in [6.07, 6.45) is -8.99. The predicted molar refractivity (Wildman–Crippen MR) is 87.3 cm³/mol. The van der Waals surface area contributed by atoms with E-state index in [1.165, 1.54) is 23.1 Å². The van der Waals surface area contributed by atoms with E-state index in [1.54, 1.807) is 0 Å². The van der Waals surface area contributed by atoms with E-state index in [2.05, 4.69) is 0 Å². The Morgan fingerprint density at radius 3 is 2.04 bits per heavy atom. The average Bonchev–Trinajstić information content (AvgIpc) is 2.59. The molecule has 0 unspecified atom stereocenters. The fourth-order valence-corrected chi connectivity index (χ4v) is 3.26. The van der Waals surface area contributed by atoms with Gasteiger partial charge in [-0.3, -0.25) is 9.69 Å². The Balaban J connectivity index is 1.86. The molecular weight excluding hydrogens is 388 g/mol. The van der Waals surface area contributed by atoms with Gasteiger partial charge >= 0.3 is 18.3 Å². The third-order valence-corrected chi connectivity index (χ3v) is 4.71. The lowest BCUT2D eigenvalue weighted by molar-refractivity contribution is -0.144. The second-order valence-corrected chi connectivity index (χ2v) is 6.64. The number of carboxylic acid groups (broad SMARTS) is 1. The van der Waals surface area contributed by atoms with Crippen LogP contribution in [0.2, 0.25) is 0 Å². The Hall–Kier alpha value is -2.55. The zero-order valence-electron chi connectivity index (χ0n) is 14.3. The van der Waals surface area contributed by atoms with Crippen LogP contribution >= 0.6 is 0 Å². The molecule has 1 heterocycles. The minimum absolute atomic E-state index is 0.00475. The Morgan fingerprint density at radius 2 is 1.50 bits per heavy atom. The van der Waals surface area contributed by atoms with Gasteiger partial charge in [0.05, 0.1) is 11.1 Å². The van der Waals surface area contributed by atoms with Gasteiger partial charge in [-0.2, -0.15) is 26.3 Å². The second kappa shape index (κ2) is 7.12. The molecule has 0 amide bonds. The highest BCUT2D eigenvalue weighted by Gasteiger charge is 2.35. The smallest absolute Gasteiger partial charge is 0.416 e. The zero-order chi connectivity index (χ0) is 20.7. The van der Waals surface area contributed by atoms with Crippen LogP contribution in [-0.2, 0) is 36.7 Å². The third kappa shape index (κ3) is 4.30. The van der Waals surface area contributed by atoms with Gasteiger partial charge in [-0.25, -0.2) is 0 Å². The molecule has 0 bridgehead atoms. The number of hydrogen-bond donors (Lipinski definition) is 1. The van der Waals surface area contributed by atoms with Crippen LogP contribution in [0.3, 0.4) is 0 Å². The topological polar surface area (TPSA) is 40.5 Å². The first-order valence-corrected chi connectivity index (χ1v) is 8.27. The Morgan fingerprint density at radius 1 is 0.929 bits per heavy atom. The summed E-state index contributed by atoms with van der Waals surface area (Å²) in [5.74, 6) is -1.14. The van der Waals surface area contributed by atoms with Gasteiger partial charge in [0.15, 0.2) is 0 Å². The molecule has 150 valence electrons. The molecule has 1 aliphatic heterocycles. The van der Waals surface area contributed by atoms with Crippen LogP contribution in [-0.4, -0.2) is 22.0 Å². The van der Waals surface area contributed by atoms with Crippen LogP contribution in [0, 0.1) is 0 Å². The molecule has 2 aromatic carbocycles. The summed E-state index contributed by atoms with van der Waals surface area (Å²) in [5.41, 5.74) is -0.336. The number of halogens is 6. The Labute approximate surface area is 156 Å². The maximum atomic E-state index is 12.9. The Kier molecular flexibility index (Phi) is 5.14. The fraction of sp³-hybridized carbons (Fsp3) is 0.316. The quantitative estimate of drug-likeness (QED) is 0.753. The van der Waals surface area contributed by atoms with Gasteiger partial charge in [-0.05, 0) is 47.4 Å². The molecule has 3 rings (SSSR count). The van der Waals surface area contributed by atoms with Gasteiger partial charge in [0, 0.05) is 13.1 Å². The van der Waals surface area contributed by atoms with Gasteiger partial charge in [-0.15, -0.1) is 0 Å². The van der Waals surface area contributed by atoms with Crippen LogP contribution in [0.4, 0.5) is 26.3 Å². The molecule has 0 saturated heterocycles. The molecule has 28 heavy (non-hydrogen) atoms. The van der Waals surface area contributed by atoms with Crippen molar-refractivity contribution in [1.82, 2.24) is 4.90 Å². The van der Waals surface area contributed by atoms with E-state index >= 15 is 0 Å². The molecule has 1 atom stereocenters. The normalized spacial score (nSPS) is 18.0. The molecule has 2 aromatic rings. The number of alkyl halides is 6. The fourth-order valence-electron chi connectivity index (χ4n) is 3.26. The first-order chi connectivity index (χ1) is 12.9. The number of benzene rings is 2. The van der Waals surface area contributed by atoms with E-state index in [1.807, 2.05) is 0 Å². The van der Waals surface area contributed by atoms with Crippen LogP contribution in [0.1, 0.15) is 27.8 Å². The van der Waals surface area contributed by atoms with Crippen molar-refractivity contribution in [2.45, 2.75) is 37.9 Å². The molecule has 1 N–H and O–H groups in total. The lowest BCUT2D eigenvalue weighted by atomic mass is 9.92. The molecule has 0 spiro atoms. The van der Waals surface area contributed by atoms with Gasteiger partial charge in [0.2, 0.25) is 0 Å². The summed E-state index contributed by atoms with van der Waals surface area (Å²) in [4.78, 5) is 13.1. The number of rotatable bonds is 3. The number of fused-ring (bicyclic) bond motifs is 1. The highest BCUT2D eigenvalue weighted by molar-refractivity contribution is 5.74. The number of aliphatic carboxylic acids is 1. The molecule has 0 aliphatic carbocycles. The largest absolute Gasteiger partial charge is 0.480 e. The molecule has 0 saturated carbocycles. The Bertz CT molecular complexity index is 873. The van der Waals surface area contributed by atoms with Crippen molar-refractivity contribution >= 4 is 5.97 Å². The molecule has 3 nitrogen and oxygen atoms in total. The average molecular weight is 403 g/mol. The molecule has 0 aromatic heterocycles. The predicted octanol–water partition coefficient (Wildman–Crippen LogP) is 4.74. The molecule has 1 aliphatic rings. The van der Waals surface area contributed by atoms with Crippen LogP contribution in [0.15, 0.2) is 42.5 Å². The van der Waals surface area contributed by atoms with E-state index in [-0.39, 0.29) is 19.5 Å². The maximum Gasteiger partial charge on any atom is 0.416 e. The van der Waals surface area contributed by atoms with Gasteiger partial charge < -0.3 is 5.11 Å². The molecule has 0 radical (unpaired) electrons.